The average Bonchev–Trinajstić information content (AvgIpc) is 2.49. The van der Waals surface area contributed by atoms with Gasteiger partial charge in [0.2, 0.25) is 6.10 Å². The Morgan fingerprint density at radius 3 is 2.19 bits per heavy atom. The number of fused-ring (bicyclic) bond motifs is 1. The summed E-state index contributed by atoms with van der Waals surface area (Å²) >= 11 is 0. The van der Waals surface area contributed by atoms with Gasteiger partial charge in [-0.2, -0.15) is 13.2 Å². The Hall–Kier alpha value is -1.98. The van der Waals surface area contributed by atoms with Crippen LogP contribution >= 0.6 is 10.2 Å². The number of rotatable bonds is 4. The van der Waals surface area contributed by atoms with Crippen LogP contribution in [0.2, 0.25) is 0 Å². The van der Waals surface area contributed by atoms with Crippen LogP contribution < -0.4 is 4.74 Å². The lowest BCUT2D eigenvalue weighted by Crippen LogP contribution is -2.41. The van der Waals surface area contributed by atoms with E-state index in [-0.39, 0.29) is 25.2 Å². The zero-order chi connectivity index (χ0) is 20.9. The average molecular weight is 426 g/mol. The molecule has 1 aliphatic rings. The summed E-state index contributed by atoms with van der Waals surface area (Å²) in [7, 11) is -10.1. The van der Waals surface area contributed by atoms with Gasteiger partial charge >= 0.3 is 22.4 Å². The molecule has 0 fully saturated rings. The number of carbonyl (C=O) groups is 1. The molecule has 0 N–H and O–H groups in total. The number of carbonyl (C=O) groups excluding carboxylic acids is 1. The van der Waals surface area contributed by atoms with Gasteiger partial charge in [0.25, 0.3) is 0 Å². The van der Waals surface area contributed by atoms with Crippen molar-refractivity contribution in [2.24, 2.45) is 0 Å². The first kappa shape index (κ1) is 21.3. The number of ether oxygens (including phenoxy) is 2. The molecular weight excluding hydrogens is 412 g/mol. The third-order valence-electron chi connectivity index (χ3n) is 3.63. The van der Waals surface area contributed by atoms with E-state index in [0.717, 1.165) is 0 Å². The molecule has 1 atom stereocenters. The Kier molecular flexibility index (Phi) is 4.55. The van der Waals surface area contributed by atoms with E-state index in [1.54, 1.807) is 0 Å². The van der Waals surface area contributed by atoms with Crippen LogP contribution in [0.3, 0.4) is 0 Å². The smallest absolute Gasteiger partial charge is 0.430 e. The minimum Gasteiger partial charge on any atom is -0.475 e. The number of hydrogen-bond donors (Lipinski definition) is 0. The van der Waals surface area contributed by atoms with Gasteiger partial charge in [-0.25, -0.2) is 4.79 Å². The van der Waals surface area contributed by atoms with Gasteiger partial charge in [0.05, 0.1) is 12.2 Å². The maximum absolute atomic E-state index is 13.2. The van der Waals surface area contributed by atoms with Gasteiger partial charge in [-0.15, -0.1) is 0 Å². The van der Waals surface area contributed by atoms with Crippen LogP contribution in [0.25, 0.3) is 6.08 Å². The highest BCUT2D eigenvalue weighted by Gasteiger charge is 2.65. The Morgan fingerprint density at radius 1 is 1.15 bits per heavy atom. The number of halogens is 8. The minimum absolute atomic E-state index is 0.0259. The first-order valence-corrected chi connectivity index (χ1v) is 9.46. The van der Waals surface area contributed by atoms with Gasteiger partial charge in [0.15, 0.2) is 0 Å². The molecule has 0 spiro atoms. The highest BCUT2D eigenvalue weighted by molar-refractivity contribution is 8.45. The molecule has 0 amide bonds. The summed E-state index contributed by atoms with van der Waals surface area (Å²) in [4.78, 5) is 9.52. The lowest BCUT2D eigenvalue weighted by Gasteiger charge is -2.41. The third-order valence-corrected chi connectivity index (χ3v) is 4.76. The maximum atomic E-state index is 13.2. The number of hydrogen-bond acceptors (Lipinski definition) is 3. The van der Waals surface area contributed by atoms with Crippen LogP contribution in [0.15, 0.2) is 22.6 Å². The van der Waals surface area contributed by atoms with Gasteiger partial charge in [-0.3, -0.25) is 0 Å². The summed E-state index contributed by atoms with van der Waals surface area (Å²) in [5.41, 5.74) is -2.33. The molecule has 1 heterocycles. The molecular formula is C15H14F8O3S. The molecule has 0 saturated heterocycles. The van der Waals surface area contributed by atoms with Crippen LogP contribution in [0.1, 0.15) is 25.0 Å². The number of esters is 1. The molecule has 1 aromatic carbocycles. The highest BCUT2D eigenvalue weighted by Crippen LogP contribution is 3.02. The summed E-state index contributed by atoms with van der Waals surface area (Å²) in [5, 5.41) is 0. The highest BCUT2D eigenvalue weighted by atomic mass is 32.5. The summed E-state index contributed by atoms with van der Waals surface area (Å²) in [5.74, 6) is -2.11. The summed E-state index contributed by atoms with van der Waals surface area (Å²) in [6, 6.07) is 0.0406. The van der Waals surface area contributed by atoms with E-state index in [2.05, 4.69) is 4.74 Å². The molecule has 1 aromatic rings. The van der Waals surface area contributed by atoms with E-state index in [0.29, 0.717) is 6.08 Å². The zero-order valence-corrected chi connectivity index (χ0v) is 14.7. The van der Waals surface area contributed by atoms with Crippen LogP contribution in [0, 0.1) is 0 Å². The monoisotopic (exact) mass is 426 g/mol. The van der Waals surface area contributed by atoms with Crippen molar-refractivity contribution in [2.45, 2.75) is 37.4 Å². The Bertz CT molecular complexity index is 811. The quantitative estimate of drug-likeness (QED) is 0.426. The Labute approximate surface area is 148 Å². The molecule has 0 aromatic heterocycles. The third kappa shape index (κ3) is 4.47. The molecule has 27 heavy (non-hydrogen) atoms. The van der Waals surface area contributed by atoms with E-state index in [9.17, 15) is 37.4 Å². The summed E-state index contributed by atoms with van der Waals surface area (Å²) in [6.45, 7) is 2.26. The molecule has 1 unspecified atom stereocenters. The maximum Gasteiger partial charge on any atom is 0.430 e. The van der Waals surface area contributed by atoms with Crippen molar-refractivity contribution in [3.63, 3.8) is 0 Å². The second kappa shape index (κ2) is 5.76. The molecule has 3 nitrogen and oxygen atoms in total. The normalized spacial score (nSPS) is 19.9. The van der Waals surface area contributed by atoms with Crippen molar-refractivity contribution in [1.29, 1.82) is 0 Å². The Morgan fingerprint density at radius 2 is 1.74 bits per heavy atom. The van der Waals surface area contributed by atoms with E-state index in [1.165, 1.54) is 13.8 Å². The fourth-order valence-electron chi connectivity index (χ4n) is 2.47. The predicted octanol–water partition coefficient (Wildman–Crippen LogP) is 6.18. The van der Waals surface area contributed by atoms with Crippen molar-refractivity contribution in [2.75, 3.05) is 6.61 Å². The van der Waals surface area contributed by atoms with Gasteiger partial charge in [-0.05, 0) is 37.1 Å². The molecule has 2 rings (SSSR count). The lowest BCUT2D eigenvalue weighted by atomic mass is 9.98. The molecule has 0 aliphatic carbocycles. The first-order valence-electron chi connectivity index (χ1n) is 7.51. The topological polar surface area (TPSA) is 35.5 Å². The molecule has 0 bridgehead atoms. The fraction of sp³-hybridized carbons (Fsp3) is 0.400. The summed E-state index contributed by atoms with van der Waals surface area (Å²) < 4.78 is 115. The second-order valence-electron chi connectivity index (χ2n) is 5.68. The molecule has 12 heteroatoms. The number of benzene rings is 1. The number of aryl methyl sites for hydroxylation is 1. The van der Waals surface area contributed by atoms with Crippen LogP contribution in [-0.2, 0) is 16.0 Å². The largest absolute Gasteiger partial charge is 0.475 e. The zero-order valence-electron chi connectivity index (χ0n) is 13.9. The van der Waals surface area contributed by atoms with E-state index in [4.69, 9.17) is 4.74 Å². The van der Waals surface area contributed by atoms with E-state index < -0.39 is 55.8 Å². The molecule has 1 aliphatic heterocycles. The van der Waals surface area contributed by atoms with E-state index >= 15 is 0 Å². The standard InChI is InChI=1S/C15H14F8O3S/c1-3-8-5-10(27(19,20,21,22)23)6-9-7-11(14(24)25-4-2)13(15(16,17)18)26-12(8)9/h5-7,13H,3-4H2,1-2H3. The SMILES string of the molecule is CCOC(=O)C1=Cc2cc(S(F)(F)(F)(F)F)cc(CC)c2OC1C(F)(F)F. The van der Waals surface area contributed by atoms with Crippen molar-refractivity contribution >= 4 is 22.3 Å². The van der Waals surface area contributed by atoms with Gasteiger partial charge in [0.1, 0.15) is 10.6 Å². The van der Waals surface area contributed by atoms with Crippen molar-refractivity contribution < 1.29 is 46.9 Å². The van der Waals surface area contributed by atoms with Crippen LogP contribution in [0.4, 0.5) is 32.6 Å². The second-order valence-corrected chi connectivity index (χ2v) is 8.09. The minimum atomic E-state index is -10.1. The molecule has 0 saturated carbocycles. The van der Waals surface area contributed by atoms with Crippen molar-refractivity contribution in [1.82, 2.24) is 0 Å². The van der Waals surface area contributed by atoms with Crippen molar-refractivity contribution in [3.05, 3.63) is 28.8 Å². The molecule has 0 radical (unpaired) electrons. The lowest BCUT2D eigenvalue weighted by molar-refractivity contribution is -0.188. The van der Waals surface area contributed by atoms with Gasteiger partial charge in [-0.1, -0.05) is 26.4 Å². The Balaban J connectivity index is 2.76. The van der Waals surface area contributed by atoms with Crippen molar-refractivity contribution in [3.8, 4) is 5.75 Å². The van der Waals surface area contributed by atoms with E-state index in [1.807, 2.05) is 0 Å². The van der Waals surface area contributed by atoms with Gasteiger partial charge < -0.3 is 9.47 Å². The van der Waals surface area contributed by atoms with Gasteiger partial charge in [0, 0.05) is 5.56 Å². The predicted molar refractivity (Wildman–Crippen MR) is 82.3 cm³/mol. The first-order chi connectivity index (χ1) is 12.0. The molecule has 154 valence electrons. The number of alkyl halides is 3. The van der Waals surface area contributed by atoms with Crippen LogP contribution in [-0.4, -0.2) is 24.9 Å². The summed E-state index contributed by atoms with van der Waals surface area (Å²) in [6.07, 6.45) is -7.74. The van der Waals surface area contributed by atoms with Crippen LogP contribution in [0.5, 0.6) is 5.75 Å². The fourth-order valence-corrected chi connectivity index (χ4v) is 3.18.